The highest BCUT2D eigenvalue weighted by Gasteiger charge is 2.34. The zero-order valence-corrected chi connectivity index (χ0v) is 16.3. The largest absolute Gasteiger partial charge is 0.369 e. The first kappa shape index (κ1) is 19.1. The molecule has 2 aliphatic rings. The third kappa shape index (κ3) is 5.18. The summed E-state index contributed by atoms with van der Waals surface area (Å²) in [4.78, 5) is 16.8. The van der Waals surface area contributed by atoms with E-state index < -0.39 is 10.0 Å². The second kappa shape index (κ2) is 7.94. The lowest BCUT2D eigenvalue weighted by Crippen LogP contribution is -2.44. The molecule has 1 saturated carbocycles. The van der Waals surface area contributed by atoms with Gasteiger partial charge in [0.05, 0.1) is 6.26 Å². The lowest BCUT2D eigenvalue weighted by Gasteiger charge is -2.34. The van der Waals surface area contributed by atoms with E-state index in [9.17, 15) is 13.2 Å². The Morgan fingerprint density at radius 1 is 1.15 bits per heavy atom. The van der Waals surface area contributed by atoms with Crippen molar-refractivity contribution in [1.82, 2.24) is 9.21 Å². The molecule has 1 aromatic rings. The zero-order chi connectivity index (χ0) is 18.7. The van der Waals surface area contributed by atoms with Gasteiger partial charge in [0.2, 0.25) is 15.9 Å². The van der Waals surface area contributed by atoms with Crippen molar-refractivity contribution in [3.8, 4) is 0 Å². The third-order valence-electron chi connectivity index (χ3n) is 4.96. The Hall–Kier alpha value is -1.64. The second-order valence-electron chi connectivity index (χ2n) is 7.24. The van der Waals surface area contributed by atoms with Crippen molar-refractivity contribution in [2.45, 2.75) is 25.3 Å². The zero-order valence-electron chi connectivity index (χ0n) is 15.5. The first-order valence-electron chi connectivity index (χ1n) is 9.13. The molecule has 0 unspecified atom stereocenters. The minimum absolute atomic E-state index is 0.0840. The maximum absolute atomic E-state index is 12.2. The summed E-state index contributed by atoms with van der Waals surface area (Å²) >= 11 is 0. The van der Waals surface area contributed by atoms with Crippen molar-refractivity contribution in [3.63, 3.8) is 0 Å². The van der Waals surface area contributed by atoms with Crippen LogP contribution in [0.5, 0.6) is 0 Å². The van der Waals surface area contributed by atoms with Crippen LogP contribution in [0.4, 0.5) is 11.4 Å². The fourth-order valence-electron chi connectivity index (χ4n) is 3.24. The Morgan fingerprint density at radius 2 is 1.77 bits per heavy atom. The number of hydrogen-bond acceptors (Lipinski definition) is 5. The number of anilines is 2. The van der Waals surface area contributed by atoms with Gasteiger partial charge in [0.1, 0.15) is 0 Å². The van der Waals surface area contributed by atoms with Gasteiger partial charge in [-0.2, -0.15) is 4.31 Å². The molecule has 8 heteroatoms. The van der Waals surface area contributed by atoms with Crippen LogP contribution >= 0.6 is 0 Å². The van der Waals surface area contributed by atoms with Gasteiger partial charge in [-0.25, -0.2) is 8.42 Å². The molecular formula is C18H28N4O3S. The summed E-state index contributed by atoms with van der Waals surface area (Å²) in [5.41, 5.74) is 1.90. The highest BCUT2D eigenvalue weighted by atomic mass is 32.2. The van der Waals surface area contributed by atoms with Gasteiger partial charge in [-0.1, -0.05) is 0 Å². The van der Waals surface area contributed by atoms with Crippen molar-refractivity contribution in [2.75, 3.05) is 56.2 Å². The number of likely N-dealkylation sites (N-methyl/N-ethyl adjacent to an activating group) is 1. The molecule has 1 heterocycles. The first-order valence-corrected chi connectivity index (χ1v) is 11.0. The molecule has 1 aliphatic carbocycles. The van der Waals surface area contributed by atoms with Crippen molar-refractivity contribution >= 4 is 27.3 Å². The molecule has 3 rings (SSSR count). The van der Waals surface area contributed by atoms with Crippen LogP contribution in [0, 0.1) is 0 Å². The summed E-state index contributed by atoms with van der Waals surface area (Å²) in [5.74, 6) is -0.161. The van der Waals surface area contributed by atoms with Crippen LogP contribution in [0.1, 0.15) is 19.3 Å². The molecule has 1 N–H and O–H groups in total. The number of benzene rings is 1. The average Bonchev–Trinajstić information content (AvgIpc) is 3.40. The molecular weight excluding hydrogens is 352 g/mol. The minimum atomic E-state index is -3.25. The molecule has 144 valence electrons. The quantitative estimate of drug-likeness (QED) is 0.769. The van der Waals surface area contributed by atoms with Crippen LogP contribution in [-0.4, -0.2) is 75.6 Å². The molecule has 0 spiro atoms. The fourth-order valence-corrected chi connectivity index (χ4v) is 4.41. The number of carbonyl (C=O) groups excluding carboxylic acids is 1. The number of piperazine rings is 1. The van der Waals surface area contributed by atoms with Gasteiger partial charge in [-0.05, 0) is 44.2 Å². The van der Waals surface area contributed by atoms with E-state index in [-0.39, 0.29) is 24.9 Å². The summed E-state index contributed by atoms with van der Waals surface area (Å²) in [5, 5.41) is 2.86. The van der Waals surface area contributed by atoms with Gasteiger partial charge >= 0.3 is 0 Å². The predicted octanol–water partition coefficient (Wildman–Crippen LogP) is 1.19. The maximum Gasteiger partial charge on any atom is 0.225 e. The van der Waals surface area contributed by atoms with Crippen molar-refractivity contribution < 1.29 is 13.2 Å². The van der Waals surface area contributed by atoms with Crippen LogP contribution < -0.4 is 10.2 Å². The van der Waals surface area contributed by atoms with Crippen molar-refractivity contribution in [3.05, 3.63) is 24.3 Å². The van der Waals surface area contributed by atoms with Gasteiger partial charge in [-0.3, -0.25) is 4.79 Å². The molecule has 7 nitrogen and oxygen atoms in total. The van der Waals surface area contributed by atoms with E-state index in [2.05, 4.69) is 22.2 Å². The van der Waals surface area contributed by atoms with Crippen LogP contribution in [0.15, 0.2) is 24.3 Å². The molecule has 1 amide bonds. The Labute approximate surface area is 156 Å². The van der Waals surface area contributed by atoms with E-state index in [4.69, 9.17) is 0 Å². The summed E-state index contributed by atoms with van der Waals surface area (Å²) in [6.07, 6.45) is 3.16. The molecule has 0 radical (unpaired) electrons. The third-order valence-corrected chi connectivity index (χ3v) is 6.29. The molecule has 0 bridgehead atoms. The summed E-state index contributed by atoms with van der Waals surface area (Å²) < 4.78 is 25.0. The SMILES string of the molecule is CN1CCN(c2ccc(NC(=O)CCN(C3CC3)S(C)(=O)=O)cc2)CC1. The Balaban J connectivity index is 1.50. The smallest absolute Gasteiger partial charge is 0.225 e. The van der Waals surface area contributed by atoms with Crippen molar-refractivity contribution in [1.29, 1.82) is 0 Å². The molecule has 1 aromatic carbocycles. The van der Waals surface area contributed by atoms with Gasteiger partial charge in [0.15, 0.2) is 0 Å². The van der Waals surface area contributed by atoms with E-state index in [1.54, 1.807) is 0 Å². The molecule has 1 aliphatic heterocycles. The summed E-state index contributed by atoms with van der Waals surface area (Å²) in [6, 6.07) is 7.93. The molecule has 1 saturated heterocycles. The molecule has 0 atom stereocenters. The molecule has 2 fully saturated rings. The number of rotatable bonds is 7. The standard InChI is InChI=1S/C18H28N4O3S/c1-20-11-13-21(14-12-20)16-5-3-15(4-6-16)19-18(23)9-10-22(17-7-8-17)26(2,24)25/h3-6,17H,7-14H2,1-2H3,(H,19,23). The number of nitrogens with zero attached hydrogens (tertiary/aromatic N) is 3. The Bertz CT molecular complexity index is 723. The van der Waals surface area contributed by atoms with Crippen LogP contribution in [0.2, 0.25) is 0 Å². The van der Waals surface area contributed by atoms with Crippen LogP contribution in [-0.2, 0) is 14.8 Å². The van der Waals surface area contributed by atoms with E-state index in [0.29, 0.717) is 0 Å². The summed E-state index contributed by atoms with van der Waals surface area (Å²) in [6.45, 7) is 4.36. The first-order chi connectivity index (χ1) is 12.3. The minimum Gasteiger partial charge on any atom is -0.369 e. The highest BCUT2D eigenvalue weighted by Crippen LogP contribution is 2.29. The number of sulfonamides is 1. The number of carbonyl (C=O) groups is 1. The van der Waals surface area contributed by atoms with Gasteiger partial charge in [0.25, 0.3) is 0 Å². The van der Waals surface area contributed by atoms with Crippen molar-refractivity contribution in [2.24, 2.45) is 0 Å². The topological polar surface area (TPSA) is 73.0 Å². The predicted molar refractivity (Wildman–Crippen MR) is 104 cm³/mol. The highest BCUT2D eigenvalue weighted by molar-refractivity contribution is 7.88. The van der Waals surface area contributed by atoms with Crippen LogP contribution in [0.25, 0.3) is 0 Å². The fraction of sp³-hybridized carbons (Fsp3) is 0.611. The normalized spacial score (nSPS) is 19.0. The summed E-state index contributed by atoms with van der Waals surface area (Å²) in [7, 11) is -1.12. The Morgan fingerprint density at radius 3 is 2.31 bits per heavy atom. The lowest BCUT2D eigenvalue weighted by molar-refractivity contribution is -0.116. The number of nitrogens with one attached hydrogen (secondary N) is 1. The van der Waals surface area contributed by atoms with E-state index >= 15 is 0 Å². The van der Waals surface area contributed by atoms with Gasteiger partial charge in [-0.15, -0.1) is 0 Å². The number of hydrogen-bond donors (Lipinski definition) is 1. The monoisotopic (exact) mass is 380 g/mol. The lowest BCUT2D eigenvalue weighted by atomic mass is 10.2. The molecule has 0 aromatic heterocycles. The second-order valence-corrected chi connectivity index (χ2v) is 9.18. The van der Waals surface area contributed by atoms with E-state index in [1.165, 1.54) is 10.6 Å². The van der Waals surface area contributed by atoms with E-state index in [1.807, 2.05) is 24.3 Å². The maximum atomic E-state index is 12.2. The number of amides is 1. The van der Waals surface area contributed by atoms with Crippen LogP contribution in [0.3, 0.4) is 0 Å². The average molecular weight is 381 g/mol. The van der Waals surface area contributed by atoms with E-state index in [0.717, 1.165) is 50.4 Å². The molecule has 26 heavy (non-hydrogen) atoms. The van der Waals surface area contributed by atoms with Gasteiger partial charge < -0.3 is 15.1 Å². The van der Waals surface area contributed by atoms with Gasteiger partial charge in [0, 0.05) is 56.6 Å². The Kier molecular flexibility index (Phi) is 5.84.